The molecule has 1 aromatic rings. The van der Waals surface area contributed by atoms with Gasteiger partial charge in [0.25, 0.3) is 5.88 Å². The first-order valence-electron chi connectivity index (χ1n) is 6.35. The van der Waals surface area contributed by atoms with E-state index in [2.05, 4.69) is 22.9 Å². The Kier molecular flexibility index (Phi) is 2.89. The van der Waals surface area contributed by atoms with Crippen molar-refractivity contribution in [1.82, 2.24) is 9.88 Å². The number of aromatic nitrogens is 1. The molecule has 0 saturated carbocycles. The summed E-state index contributed by atoms with van der Waals surface area (Å²) in [6, 6.07) is 4.40. The number of likely N-dealkylation sites (tertiary alicyclic amines) is 1. The molecule has 3 heterocycles. The minimum Gasteiger partial charge on any atom is -0.484 e. The Bertz CT molecular complexity index is 402. The van der Waals surface area contributed by atoms with E-state index in [1.165, 1.54) is 25.9 Å². The van der Waals surface area contributed by atoms with Gasteiger partial charge in [-0.2, -0.15) is 0 Å². The van der Waals surface area contributed by atoms with E-state index in [0.29, 0.717) is 25.1 Å². The Morgan fingerprint density at radius 3 is 2.76 bits per heavy atom. The molecule has 0 radical (unpaired) electrons. The van der Waals surface area contributed by atoms with Crippen molar-refractivity contribution in [2.45, 2.75) is 25.8 Å². The van der Waals surface area contributed by atoms with E-state index in [1.54, 1.807) is 0 Å². The third-order valence-electron chi connectivity index (χ3n) is 3.54. The molecule has 0 N–H and O–H groups in total. The van der Waals surface area contributed by atoms with E-state index in [1.807, 2.05) is 6.07 Å². The molecule has 17 heavy (non-hydrogen) atoms. The lowest BCUT2D eigenvalue weighted by molar-refractivity contribution is 0.162. The fourth-order valence-corrected chi connectivity index (χ4v) is 2.49. The van der Waals surface area contributed by atoms with Crippen LogP contribution in [0.1, 0.15) is 31.5 Å². The van der Waals surface area contributed by atoms with E-state index < -0.39 is 0 Å². The normalized spacial score (nSPS) is 21.5. The molecule has 4 nitrogen and oxygen atoms in total. The first-order chi connectivity index (χ1) is 8.34. The number of fused-ring (bicyclic) bond motifs is 1. The number of nitrogens with zero attached hydrogens (tertiary/aromatic N) is 2. The average Bonchev–Trinajstić information content (AvgIpc) is 2.91. The fourth-order valence-electron chi connectivity index (χ4n) is 2.49. The first-order valence-corrected chi connectivity index (χ1v) is 6.35. The smallest absolute Gasteiger partial charge is 0.257 e. The highest BCUT2D eigenvalue weighted by Gasteiger charge is 2.22. The number of hydrogen-bond donors (Lipinski definition) is 0. The van der Waals surface area contributed by atoms with Crippen LogP contribution in [0.3, 0.4) is 0 Å². The largest absolute Gasteiger partial charge is 0.484 e. The summed E-state index contributed by atoms with van der Waals surface area (Å²) in [5.74, 6) is 1.42. The van der Waals surface area contributed by atoms with Crippen molar-refractivity contribution in [2.75, 3.05) is 26.3 Å². The highest BCUT2D eigenvalue weighted by Crippen LogP contribution is 2.31. The van der Waals surface area contributed by atoms with Crippen LogP contribution < -0.4 is 9.47 Å². The summed E-state index contributed by atoms with van der Waals surface area (Å²) in [6.07, 6.45) is 2.60. The predicted molar refractivity (Wildman–Crippen MR) is 64.4 cm³/mol. The van der Waals surface area contributed by atoms with Gasteiger partial charge in [-0.15, -0.1) is 0 Å². The van der Waals surface area contributed by atoms with Gasteiger partial charge in [0.2, 0.25) is 0 Å². The molecular formula is C13H18N2O2. The molecule has 1 atom stereocenters. The van der Waals surface area contributed by atoms with Gasteiger partial charge in [0.05, 0.1) is 5.69 Å². The predicted octanol–water partition coefficient (Wildman–Crippen LogP) is 2.01. The summed E-state index contributed by atoms with van der Waals surface area (Å²) in [4.78, 5) is 7.04. The molecule has 4 heteroatoms. The van der Waals surface area contributed by atoms with E-state index in [9.17, 15) is 0 Å². The maximum atomic E-state index is 5.52. The Labute approximate surface area is 102 Å². The van der Waals surface area contributed by atoms with Crippen LogP contribution in [-0.4, -0.2) is 36.2 Å². The Morgan fingerprint density at radius 1 is 1.18 bits per heavy atom. The van der Waals surface area contributed by atoms with Crippen LogP contribution in [0.2, 0.25) is 0 Å². The average molecular weight is 234 g/mol. The lowest BCUT2D eigenvalue weighted by Crippen LogP contribution is -2.24. The van der Waals surface area contributed by atoms with Crippen LogP contribution in [0, 0.1) is 0 Å². The van der Waals surface area contributed by atoms with E-state index in [-0.39, 0.29) is 0 Å². The minimum atomic E-state index is 0.369. The zero-order valence-electron chi connectivity index (χ0n) is 10.2. The van der Waals surface area contributed by atoms with Gasteiger partial charge < -0.3 is 9.47 Å². The second kappa shape index (κ2) is 4.53. The van der Waals surface area contributed by atoms with Crippen molar-refractivity contribution in [3.05, 3.63) is 17.8 Å². The maximum Gasteiger partial charge on any atom is 0.257 e. The first kappa shape index (κ1) is 10.8. The van der Waals surface area contributed by atoms with Gasteiger partial charge in [-0.05, 0) is 45.0 Å². The number of hydrogen-bond acceptors (Lipinski definition) is 4. The van der Waals surface area contributed by atoms with E-state index in [4.69, 9.17) is 9.47 Å². The van der Waals surface area contributed by atoms with Gasteiger partial charge in [-0.1, -0.05) is 0 Å². The lowest BCUT2D eigenvalue weighted by atomic mass is 10.2. The molecule has 1 saturated heterocycles. The summed E-state index contributed by atoms with van der Waals surface area (Å²) in [6.45, 7) is 5.79. The standard InChI is InChI=1S/C13H18N2O2/c1-10(15-6-2-3-7-15)11-4-5-12-13(14-11)17-9-8-16-12/h4-5,10H,2-3,6-9H2,1H3. The summed E-state index contributed by atoms with van der Waals surface area (Å²) >= 11 is 0. The molecule has 0 aliphatic carbocycles. The topological polar surface area (TPSA) is 34.6 Å². The van der Waals surface area contributed by atoms with Gasteiger partial charge >= 0.3 is 0 Å². The summed E-state index contributed by atoms with van der Waals surface area (Å²) in [5.41, 5.74) is 1.08. The summed E-state index contributed by atoms with van der Waals surface area (Å²) < 4.78 is 11.0. The van der Waals surface area contributed by atoms with Crippen LogP contribution in [-0.2, 0) is 0 Å². The molecular weight excluding hydrogens is 216 g/mol. The van der Waals surface area contributed by atoms with Crippen molar-refractivity contribution in [2.24, 2.45) is 0 Å². The van der Waals surface area contributed by atoms with Gasteiger partial charge in [-0.3, -0.25) is 4.90 Å². The van der Waals surface area contributed by atoms with E-state index in [0.717, 1.165) is 11.4 Å². The third kappa shape index (κ3) is 2.09. The Morgan fingerprint density at radius 2 is 1.94 bits per heavy atom. The lowest BCUT2D eigenvalue weighted by Gasteiger charge is -2.25. The molecule has 1 unspecified atom stereocenters. The zero-order valence-corrected chi connectivity index (χ0v) is 10.2. The van der Waals surface area contributed by atoms with Crippen molar-refractivity contribution in [3.63, 3.8) is 0 Å². The fraction of sp³-hybridized carbons (Fsp3) is 0.615. The van der Waals surface area contributed by atoms with Crippen molar-refractivity contribution in [1.29, 1.82) is 0 Å². The Balaban J connectivity index is 1.82. The number of rotatable bonds is 2. The van der Waals surface area contributed by atoms with Crippen LogP contribution in [0.4, 0.5) is 0 Å². The molecule has 0 spiro atoms. The molecule has 1 aromatic heterocycles. The summed E-state index contributed by atoms with van der Waals surface area (Å²) in [7, 11) is 0. The quantitative estimate of drug-likeness (QED) is 0.784. The molecule has 2 aliphatic heterocycles. The molecule has 0 amide bonds. The van der Waals surface area contributed by atoms with Crippen molar-refractivity contribution < 1.29 is 9.47 Å². The molecule has 1 fully saturated rings. The van der Waals surface area contributed by atoms with Gasteiger partial charge in [0.1, 0.15) is 13.2 Å². The van der Waals surface area contributed by atoms with Crippen LogP contribution in [0.15, 0.2) is 12.1 Å². The molecule has 0 bridgehead atoms. The van der Waals surface area contributed by atoms with E-state index >= 15 is 0 Å². The maximum absolute atomic E-state index is 5.52. The number of pyridine rings is 1. The van der Waals surface area contributed by atoms with Crippen molar-refractivity contribution in [3.8, 4) is 11.6 Å². The SMILES string of the molecule is CC(c1ccc2c(n1)OCCO2)N1CCCC1. The van der Waals surface area contributed by atoms with Gasteiger partial charge in [-0.25, -0.2) is 4.98 Å². The zero-order chi connectivity index (χ0) is 11.7. The molecule has 0 aromatic carbocycles. The van der Waals surface area contributed by atoms with Crippen molar-refractivity contribution >= 4 is 0 Å². The van der Waals surface area contributed by atoms with Gasteiger partial charge in [0.15, 0.2) is 5.75 Å². The highest BCUT2D eigenvalue weighted by atomic mass is 16.6. The minimum absolute atomic E-state index is 0.369. The van der Waals surface area contributed by atoms with Crippen LogP contribution in [0.25, 0.3) is 0 Å². The van der Waals surface area contributed by atoms with Crippen LogP contribution >= 0.6 is 0 Å². The molecule has 92 valence electrons. The van der Waals surface area contributed by atoms with Gasteiger partial charge in [0, 0.05) is 6.04 Å². The monoisotopic (exact) mass is 234 g/mol. The molecule has 2 aliphatic rings. The number of ether oxygens (including phenoxy) is 2. The third-order valence-corrected chi connectivity index (χ3v) is 3.54. The highest BCUT2D eigenvalue weighted by molar-refractivity contribution is 5.36. The second-order valence-corrected chi connectivity index (χ2v) is 4.66. The summed E-state index contributed by atoms with van der Waals surface area (Å²) in [5, 5.41) is 0. The van der Waals surface area contributed by atoms with Crippen LogP contribution in [0.5, 0.6) is 11.6 Å². The molecule has 3 rings (SSSR count). The second-order valence-electron chi connectivity index (χ2n) is 4.66. The Hall–Kier alpha value is -1.29.